The highest BCUT2D eigenvalue weighted by molar-refractivity contribution is 5.99. The predicted molar refractivity (Wildman–Crippen MR) is 137 cm³/mol. The summed E-state index contributed by atoms with van der Waals surface area (Å²) in [6.07, 6.45) is 2.35. The van der Waals surface area contributed by atoms with Crippen LogP contribution in [0.4, 0.5) is 4.39 Å². The quantitative estimate of drug-likeness (QED) is 0.562. The molecule has 8 nitrogen and oxygen atoms in total. The van der Waals surface area contributed by atoms with Gasteiger partial charge in [0.15, 0.2) is 0 Å². The predicted octanol–water partition coefficient (Wildman–Crippen LogP) is 3.32. The van der Waals surface area contributed by atoms with E-state index in [-0.39, 0.29) is 30.9 Å². The van der Waals surface area contributed by atoms with E-state index in [9.17, 15) is 18.8 Å². The summed E-state index contributed by atoms with van der Waals surface area (Å²) in [5.74, 6) is -1.22. The van der Waals surface area contributed by atoms with E-state index >= 15 is 0 Å². The van der Waals surface area contributed by atoms with Gasteiger partial charge in [-0.05, 0) is 55.0 Å². The molecule has 3 amide bonds. The zero-order valence-electron chi connectivity index (χ0n) is 21.1. The number of aromatic nitrogens is 1. The topological polar surface area (TPSA) is 91.8 Å². The fourth-order valence-electron chi connectivity index (χ4n) is 5.14. The van der Waals surface area contributed by atoms with Crippen LogP contribution < -0.4 is 5.32 Å². The van der Waals surface area contributed by atoms with Crippen molar-refractivity contribution in [2.45, 2.75) is 38.1 Å². The van der Waals surface area contributed by atoms with Crippen LogP contribution in [0.5, 0.6) is 0 Å². The number of ether oxygens (including phenoxy) is 1. The number of benzene rings is 2. The number of nitrogens with one attached hydrogen (secondary N) is 1. The monoisotopic (exact) mass is 516 g/mol. The summed E-state index contributed by atoms with van der Waals surface area (Å²) in [6.45, 7) is 2.80. The molecule has 1 atom stereocenters. The maximum Gasteiger partial charge on any atom is 0.257 e. The van der Waals surface area contributed by atoms with E-state index in [1.165, 1.54) is 24.3 Å². The molecule has 1 N–H and O–H groups in total. The van der Waals surface area contributed by atoms with Crippen molar-refractivity contribution in [3.8, 4) is 0 Å². The Morgan fingerprint density at radius 2 is 1.71 bits per heavy atom. The van der Waals surface area contributed by atoms with Gasteiger partial charge in [-0.1, -0.05) is 24.3 Å². The molecule has 5 rings (SSSR count). The fraction of sp³-hybridized carbons (Fsp3) is 0.310. The second kappa shape index (κ2) is 10.7. The third kappa shape index (κ3) is 5.02. The van der Waals surface area contributed by atoms with Gasteiger partial charge in [-0.3, -0.25) is 24.3 Å². The number of piperidine rings is 1. The highest BCUT2D eigenvalue weighted by atomic mass is 19.1. The molecule has 3 aromatic rings. The van der Waals surface area contributed by atoms with E-state index in [1.54, 1.807) is 34.2 Å². The van der Waals surface area contributed by atoms with Gasteiger partial charge in [-0.25, -0.2) is 4.39 Å². The van der Waals surface area contributed by atoms with Crippen molar-refractivity contribution < 1.29 is 23.5 Å². The number of pyridine rings is 1. The van der Waals surface area contributed by atoms with E-state index in [0.29, 0.717) is 42.8 Å². The molecule has 1 aromatic heterocycles. The number of carbonyl (C=O) groups is 3. The van der Waals surface area contributed by atoms with Gasteiger partial charge in [0.05, 0.1) is 18.8 Å². The van der Waals surface area contributed by atoms with Crippen molar-refractivity contribution >= 4 is 17.7 Å². The lowest BCUT2D eigenvalue weighted by molar-refractivity contribution is -0.128. The molecule has 2 saturated heterocycles. The molecule has 0 saturated carbocycles. The van der Waals surface area contributed by atoms with E-state index in [1.807, 2.05) is 31.2 Å². The SMILES string of the molecule is Cc1ccccc1C(=O)N1[C@H](C(=O)NCc2ccccn2)COC12CCN(C(=O)c1ccc(F)cc1)CC2. The number of rotatable bonds is 5. The van der Waals surface area contributed by atoms with Gasteiger partial charge in [0.1, 0.15) is 17.6 Å². The third-order valence-electron chi connectivity index (χ3n) is 7.25. The maximum absolute atomic E-state index is 13.9. The Morgan fingerprint density at radius 1 is 1.00 bits per heavy atom. The molecule has 2 aromatic carbocycles. The highest BCUT2D eigenvalue weighted by Crippen LogP contribution is 2.39. The first kappa shape index (κ1) is 25.5. The Balaban J connectivity index is 1.37. The molecule has 0 unspecified atom stereocenters. The lowest BCUT2D eigenvalue weighted by Crippen LogP contribution is -2.59. The van der Waals surface area contributed by atoms with Gasteiger partial charge >= 0.3 is 0 Å². The standard InChI is InChI=1S/C29H29FN4O4/c1-20-6-2-3-8-24(20)28(37)34-25(26(35)32-18-23-7-4-5-15-31-23)19-38-29(34)13-16-33(17-14-29)27(36)21-9-11-22(30)12-10-21/h2-12,15,25H,13-14,16-19H2,1H3,(H,32,35)/t25-/m0/s1. The van der Waals surface area contributed by atoms with Crippen molar-refractivity contribution in [3.05, 3.63) is 101 Å². The van der Waals surface area contributed by atoms with E-state index in [0.717, 1.165) is 5.56 Å². The van der Waals surface area contributed by atoms with Crippen molar-refractivity contribution in [2.75, 3.05) is 19.7 Å². The Morgan fingerprint density at radius 3 is 2.39 bits per heavy atom. The van der Waals surface area contributed by atoms with Crippen LogP contribution in [0.15, 0.2) is 72.9 Å². The summed E-state index contributed by atoms with van der Waals surface area (Å²) in [6, 6.07) is 17.3. The first-order valence-corrected chi connectivity index (χ1v) is 12.6. The molecular weight excluding hydrogens is 487 g/mol. The van der Waals surface area contributed by atoms with E-state index < -0.39 is 17.6 Å². The molecule has 2 fully saturated rings. The van der Waals surface area contributed by atoms with Crippen molar-refractivity contribution in [3.63, 3.8) is 0 Å². The van der Waals surface area contributed by atoms with Crippen molar-refractivity contribution in [1.29, 1.82) is 0 Å². The molecule has 38 heavy (non-hydrogen) atoms. The molecule has 0 radical (unpaired) electrons. The zero-order chi connectivity index (χ0) is 26.7. The summed E-state index contributed by atoms with van der Waals surface area (Å²) in [7, 11) is 0. The molecule has 9 heteroatoms. The molecule has 3 heterocycles. The summed E-state index contributed by atoms with van der Waals surface area (Å²) in [4.78, 5) is 47.8. The summed E-state index contributed by atoms with van der Waals surface area (Å²) >= 11 is 0. The van der Waals surface area contributed by atoms with Gasteiger partial charge in [0.25, 0.3) is 11.8 Å². The molecule has 0 aliphatic carbocycles. The van der Waals surface area contributed by atoms with Gasteiger partial charge < -0.3 is 15.0 Å². The average molecular weight is 517 g/mol. The van der Waals surface area contributed by atoms with Crippen molar-refractivity contribution in [1.82, 2.24) is 20.1 Å². The number of amides is 3. The van der Waals surface area contributed by atoms with Crippen LogP contribution >= 0.6 is 0 Å². The zero-order valence-corrected chi connectivity index (χ0v) is 21.1. The Labute approximate surface area is 220 Å². The van der Waals surface area contributed by atoms with Crippen molar-refractivity contribution in [2.24, 2.45) is 0 Å². The maximum atomic E-state index is 13.9. The minimum Gasteiger partial charge on any atom is -0.353 e. The number of hydrogen-bond acceptors (Lipinski definition) is 5. The van der Waals surface area contributed by atoms with E-state index in [4.69, 9.17) is 4.74 Å². The number of likely N-dealkylation sites (tertiary alicyclic amines) is 1. The summed E-state index contributed by atoms with van der Waals surface area (Å²) < 4.78 is 19.6. The lowest BCUT2D eigenvalue weighted by Gasteiger charge is -2.44. The molecule has 196 valence electrons. The normalized spacial score (nSPS) is 18.4. The second-order valence-corrected chi connectivity index (χ2v) is 9.60. The first-order valence-electron chi connectivity index (χ1n) is 12.6. The van der Waals surface area contributed by atoms with Crippen LogP contribution in [0.1, 0.15) is 44.8 Å². The van der Waals surface area contributed by atoms with Gasteiger partial charge in [-0.15, -0.1) is 0 Å². The molecule has 2 aliphatic heterocycles. The van der Waals surface area contributed by atoms with Crippen LogP contribution in [-0.2, 0) is 16.1 Å². The fourth-order valence-corrected chi connectivity index (χ4v) is 5.14. The van der Waals surface area contributed by atoms with E-state index in [2.05, 4.69) is 10.3 Å². The van der Waals surface area contributed by atoms with Crippen LogP contribution in [-0.4, -0.2) is 64.0 Å². The molecule has 1 spiro atoms. The number of carbonyl (C=O) groups excluding carboxylic acids is 3. The smallest absolute Gasteiger partial charge is 0.257 e. The number of hydrogen-bond donors (Lipinski definition) is 1. The lowest BCUT2D eigenvalue weighted by atomic mass is 9.95. The highest BCUT2D eigenvalue weighted by Gasteiger charge is 2.54. The van der Waals surface area contributed by atoms with Gasteiger partial charge in [-0.2, -0.15) is 0 Å². The second-order valence-electron chi connectivity index (χ2n) is 9.60. The first-order chi connectivity index (χ1) is 18.4. The molecule has 2 aliphatic rings. The molecule has 0 bridgehead atoms. The minimum absolute atomic E-state index is 0.0532. The third-order valence-corrected chi connectivity index (χ3v) is 7.25. The molecular formula is C29H29FN4O4. The minimum atomic E-state index is -1.02. The Kier molecular flexibility index (Phi) is 7.20. The largest absolute Gasteiger partial charge is 0.353 e. The van der Waals surface area contributed by atoms with Gasteiger partial charge in [0, 0.05) is 43.3 Å². The van der Waals surface area contributed by atoms with Crippen LogP contribution in [0, 0.1) is 12.7 Å². The Hall–Kier alpha value is -4.11. The summed E-state index contributed by atoms with van der Waals surface area (Å²) in [5, 5.41) is 2.90. The number of aryl methyl sites for hydroxylation is 1. The van der Waals surface area contributed by atoms with Gasteiger partial charge in [0.2, 0.25) is 5.91 Å². The number of halogens is 1. The van der Waals surface area contributed by atoms with Crippen LogP contribution in [0.3, 0.4) is 0 Å². The average Bonchev–Trinajstić information content (AvgIpc) is 3.31. The van der Waals surface area contributed by atoms with Crippen LogP contribution in [0.25, 0.3) is 0 Å². The number of nitrogens with zero attached hydrogens (tertiary/aromatic N) is 3. The summed E-state index contributed by atoms with van der Waals surface area (Å²) in [5.41, 5.74) is 1.39. The Bertz CT molecular complexity index is 1320. The van der Waals surface area contributed by atoms with Crippen LogP contribution in [0.2, 0.25) is 0 Å².